The highest BCUT2D eigenvalue weighted by Gasteiger charge is 2.19. The summed E-state index contributed by atoms with van der Waals surface area (Å²) in [7, 11) is 0. The molecule has 6 heteroatoms. The summed E-state index contributed by atoms with van der Waals surface area (Å²) in [6.07, 6.45) is 1.55. The van der Waals surface area contributed by atoms with Gasteiger partial charge in [-0.25, -0.2) is 9.18 Å². The number of halogens is 3. The zero-order chi connectivity index (χ0) is 15.7. The van der Waals surface area contributed by atoms with Crippen molar-refractivity contribution < 1.29 is 13.9 Å². The molecule has 0 amide bonds. The molecule has 3 aromatic rings. The van der Waals surface area contributed by atoms with Gasteiger partial charge in [-0.2, -0.15) is 0 Å². The van der Waals surface area contributed by atoms with Crippen molar-refractivity contribution in [1.29, 1.82) is 0 Å². The van der Waals surface area contributed by atoms with Crippen LogP contribution < -0.4 is 4.74 Å². The first-order chi connectivity index (χ1) is 10.6. The van der Waals surface area contributed by atoms with E-state index in [0.29, 0.717) is 15.9 Å². The predicted octanol–water partition coefficient (Wildman–Crippen LogP) is 4.90. The van der Waals surface area contributed by atoms with Crippen molar-refractivity contribution >= 4 is 40.1 Å². The van der Waals surface area contributed by atoms with Gasteiger partial charge in [0, 0.05) is 11.6 Å². The molecule has 0 aliphatic rings. The molecule has 0 aliphatic carbocycles. The van der Waals surface area contributed by atoms with Crippen LogP contribution in [-0.4, -0.2) is 11.0 Å². The number of hydrogen-bond donors (Lipinski definition) is 0. The second-order valence-electron chi connectivity index (χ2n) is 4.43. The van der Waals surface area contributed by atoms with Crippen LogP contribution in [0.1, 0.15) is 10.4 Å². The second-order valence-corrected chi connectivity index (χ2v) is 5.25. The van der Waals surface area contributed by atoms with Crippen molar-refractivity contribution in [1.82, 2.24) is 4.98 Å². The van der Waals surface area contributed by atoms with Crippen LogP contribution in [0.4, 0.5) is 4.39 Å². The molecule has 0 saturated carbocycles. The highest BCUT2D eigenvalue weighted by Crippen LogP contribution is 2.30. The van der Waals surface area contributed by atoms with E-state index in [4.69, 9.17) is 27.9 Å². The summed E-state index contributed by atoms with van der Waals surface area (Å²) < 4.78 is 19.0. The van der Waals surface area contributed by atoms with E-state index in [-0.39, 0.29) is 16.3 Å². The van der Waals surface area contributed by atoms with Gasteiger partial charge >= 0.3 is 5.97 Å². The molecule has 22 heavy (non-hydrogen) atoms. The Bertz CT molecular complexity index is 863. The van der Waals surface area contributed by atoms with Gasteiger partial charge in [-0.15, -0.1) is 0 Å². The standard InChI is InChI=1S/C16H8Cl2FNO2/c17-10-6-7-13(15-9(10)3-2-8-20-15)22-16(21)14-11(18)4-1-5-12(14)19/h1-8H. The van der Waals surface area contributed by atoms with Gasteiger partial charge in [0.05, 0.1) is 10.0 Å². The van der Waals surface area contributed by atoms with Crippen LogP contribution in [0.2, 0.25) is 10.0 Å². The molecular weight excluding hydrogens is 328 g/mol. The Morgan fingerprint density at radius 1 is 1.05 bits per heavy atom. The summed E-state index contributed by atoms with van der Waals surface area (Å²) in [4.78, 5) is 16.3. The number of aromatic nitrogens is 1. The van der Waals surface area contributed by atoms with E-state index in [1.807, 2.05) is 0 Å². The third-order valence-electron chi connectivity index (χ3n) is 3.05. The van der Waals surface area contributed by atoms with Gasteiger partial charge in [-0.1, -0.05) is 29.3 Å². The first-order valence-corrected chi connectivity index (χ1v) is 7.03. The van der Waals surface area contributed by atoms with Gasteiger partial charge in [-0.05, 0) is 36.4 Å². The Balaban J connectivity index is 2.04. The number of fused-ring (bicyclic) bond motifs is 1. The summed E-state index contributed by atoms with van der Waals surface area (Å²) in [6.45, 7) is 0. The highest BCUT2D eigenvalue weighted by atomic mass is 35.5. The first-order valence-electron chi connectivity index (χ1n) is 6.27. The maximum absolute atomic E-state index is 13.8. The van der Waals surface area contributed by atoms with Crippen LogP contribution in [0.5, 0.6) is 5.75 Å². The van der Waals surface area contributed by atoms with Gasteiger partial charge in [0.25, 0.3) is 0 Å². The fraction of sp³-hybridized carbons (Fsp3) is 0. The number of nitrogens with zero attached hydrogens (tertiary/aromatic N) is 1. The number of rotatable bonds is 2. The van der Waals surface area contributed by atoms with Crippen molar-refractivity contribution in [3.63, 3.8) is 0 Å². The minimum Gasteiger partial charge on any atom is -0.420 e. The number of carbonyl (C=O) groups excluding carboxylic acids is 1. The van der Waals surface area contributed by atoms with Crippen LogP contribution in [0.3, 0.4) is 0 Å². The van der Waals surface area contributed by atoms with Crippen LogP contribution in [0.15, 0.2) is 48.7 Å². The van der Waals surface area contributed by atoms with E-state index in [9.17, 15) is 9.18 Å². The van der Waals surface area contributed by atoms with Gasteiger partial charge in [0.2, 0.25) is 0 Å². The summed E-state index contributed by atoms with van der Waals surface area (Å²) in [5.74, 6) is -1.45. The lowest BCUT2D eigenvalue weighted by Gasteiger charge is -2.09. The zero-order valence-electron chi connectivity index (χ0n) is 11.0. The van der Waals surface area contributed by atoms with E-state index in [0.717, 1.165) is 6.07 Å². The SMILES string of the molecule is O=C(Oc1ccc(Cl)c2cccnc12)c1c(F)cccc1Cl. The first kappa shape index (κ1) is 14.8. The monoisotopic (exact) mass is 335 g/mol. The maximum atomic E-state index is 13.8. The molecule has 0 radical (unpaired) electrons. The molecule has 0 aliphatic heterocycles. The number of esters is 1. The fourth-order valence-corrected chi connectivity index (χ4v) is 2.49. The molecule has 0 N–H and O–H groups in total. The van der Waals surface area contributed by atoms with Crippen molar-refractivity contribution in [3.05, 3.63) is 70.1 Å². The Morgan fingerprint density at radius 2 is 1.86 bits per heavy atom. The summed E-state index contributed by atoms with van der Waals surface area (Å²) >= 11 is 11.9. The molecule has 1 aromatic heterocycles. The van der Waals surface area contributed by atoms with Gasteiger partial charge in [0.15, 0.2) is 5.75 Å². The number of ether oxygens (including phenoxy) is 1. The average molecular weight is 336 g/mol. The summed E-state index contributed by atoms with van der Waals surface area (Å²) in [6, 6.07) is 10.5. The molecule has 110 valence electrons. The molecule has 3 rings (SSSR count). The van der Waals surface area contributed by atoms with Gasteiger partial charge in [-0.3, -0.25) is 4.98 Å². The lowest BCUT2D eigenvalue weighted by atomic mass is 10.2. The van der Waals surface area contributed by atoms with E-state index in [1.165, 1.54) is 18.2 Å². The Hall–Kier alpha value is -2.17. The number of carbonyl (C=O) groups is 1. The van der Waals surface area contributed by atoms with Crippen LogP contribution >= 0.6 is 23.2 Å². The number of hydrogen-bond acceptors (Lipinski definition) is 3. The third-order valence-corrected chi connectivity index (χ3v) is 3.69. The van der Waals surface area contributed by atoms with Crippen LogP contribution in [0, 0.1) is 5.82 Å². The molecule has 0 atom stereocenters. The quantitative estimate of drug-likeness (QED) is 0.494. The molecule has 0 spiro atoms. The third kappa shape index (κ3) is 2.63. The number of pyridine rings is 1. The van der Waals surface area contributed by atoms with Crippen molar-refractivity contribution in [2.75, 3.05) is 0 Å². The molecule has 1 heterocycles. The minimum atomic E-state index is -0.891. The van der Waals surface area contributed by atoms with E-state index >= 15 is 0 Å². The molecule has 0 fully saturated rings. The lowest BCUT2D eigenvalue weighted by molar-refractivity contribution is 0.0732. The molecular formula is C16H8Cl2FNO2. The normalized spacial score (nSPS) is 10.7. The van der Waals surface area contributed by atoms with Crippen molar-refractivity contribution in [2.24, 2.45) is 0 Å². The minimum absolute atomic E-state index is 0.0174. The van der Waals surface area contributed by atoms with E-state index in [2.05, 4.69) is 4.98 Å². The van der Waals surface area contributed by atoms with E-state index in [1.54, 1.807) is 24.4 Å². The molecule has 0 saturated heterocycles. The van der Waals surface area contributed by atoms with Gasteiger partial charge in [0.1, 0.15) is 16.9 Å². The summed E-state index contributed by atoms with van der Waals surface area (Å²) in [5, 5.41) is 1.09. The van der Waals surface area contributed by atoms with Crippen molar-refractivity contribution in [3.8, 4) is 5.75 Å². The molecule has 2 aromatic carbocycles. The van der Waals surface area contributed by atoms with Crippen molar-refractivity contribution in [2.45, 2.75) is 0 Å². The second kappa shape index (κ2) is 5.91. The smallest absolute Gasteiger partial charge is 0.348 e. The molecule has 3 nitrogen and oxygen atoms in total. The Kier molecular flexibility index (Phi) is 3.96. The van der Waals surface area contributed by atoms with Crippen LogP contribution in [-0.2, 0) is 0 Å². The molecule has 0 unspecified atom stereocenters. The lowest BCUT2D eigenvalue weighted by Crippen LogP contribution is -2.12. The maximum Gasteiger partial charge on any atom is 0.348 e. The Morgan fingerprint density at radius 3 is 2.64 bits per heavy atom. The highest BCUT2D eigenvalue weighted by molar-refractivity contribution is 6.35. The van der Waals surface area contributed by atoms with Crippen LogP contribution in [0.25, 0.3) is 10.9 Å². The van der Waals surface area contributed by atoms with Gasteiger partial charge < -0.3 is 4.74 Å². The Labute approximate surface area is 135 Å². The molecule has 0 bridgehead atoms. The van der Waals surface area contributed by atoms with E-state index < -0.39 is 11.8 Å². The fourth-order valence-electron chi connectivity index (χ4n) is 2.04. The number of benzene rings is 2. The zero-order valence-corrected chi connectivity index (χ0v) is 12.5. The largest absolute Gasteiger partial charge is 0.420 e. The predicted molar refractivity (Wildman–Crippen MR) is 83.1 cm³/mol. The average Bonchev–Trinajstić information content (AvgIpc) is 2.50. The topological polar surface area (TPSA) is 39.2 Å². The summed E-state index contributed by atoms with van der Waals surface area (Å²) in [5.41, 5.74) is 0.0963.